The third-order valence-corrected chi connectivity index (χ3v) is 4.07. The molecule has 2 aromatic rings. The second kappa shape index (κ2) is 5.14. The minimum absolute atomic E-state index is 0.0620. The van der Waals surface area contributed by atoms with E-state index in [-0.39, 0.29) is 21.7 Å². The maximum Gasteiger partial charge on any atom is 0.350 e. The van der Waals surface area contributed by atoms with Crippen molar-refractivity contribution >= 4 is 44.7 Å². The van der Waals surface area contributed by atoms with Gasteiger partial charge in [0.1, 0.15) is 9.58 Å². The van der Waals surface area contributed by atoms with Crippen molar-refractivity contribution < 1.29 is 14.5 Å². The molecule has 0 aliphatic rings. The summed E-state index contributed by atoms with van der Waals surface area (Å²) in [5, 5.41) is 11.6. The summed E-state index contributed by atoms with van der Waals surface area (Å²) in [5.41, 5.74) is -0.0620. The molecule has 0 bridgehead atoms. The van der Waals surface area contributed by atoms with Crippen molar-refractivity contribution in [2.75, 3.05) is 0 Å². The quantitative estimate of drug-likeness (QED) is 0.487. The van der Waals surface area contributed by atoms with E-state index < -0.39 is 10.9 Å². The number of non-ortho nitro benzene ring substituents is 1. The Balaban J connectivity index is 2.59. The van der Waals surface area contributed by atoms with E-state index in [9.17, 15) is 14.9 Å². The normalized spacial score (nSPS) is 10.9. The highest BCUT2D eigenvalue weighted by molar-refractivity contribution is 7.22. The lowest BCUT2D eigenvalue weighted by Crippen LogP contribution is -2.10. The van der Waals surface area contributed by atoms with Gasteiger partial charge >= 0.3 is 5.97 Å². The topological polar surface area (TPSA) is 69.4 Å². The van der Waals surface area contributed by atoms with Crippen LogP contribution in [-0.4, -0.2) is 17.0 Å². The van der Waals surface area contributed by atoms with Gasteiger partial charge in [0.05, 0.1) is 16.0 Å². The predicted octanol–water partition coefficient (Wildman–Crippen LogP) is 4.03. The van der Waals surface area contributed by atoms with E-state index in [0.717, 1.165) is 11.3 Å². The molecule has 0 fully saturated rings. The lowest BCUT2D eigenvalue weighted by molar-refractivity contribution is -0.382. The number of esters is 1. The van der Waals surface area contributed by atoms with Crippen LogP contribution in [0.1, 0.15) is 23.5 Å². The van der Waals surface area contributed by atoms with E-state index in [1.807, 2.05) is 0 Å². The number of benzene rings is 1. The molecule has 1 aromatic heterocycles. The minimum Gasteiger partial charge on any atom is -0.459 e. The van der Waals surface area contributed by atoms with Gasteiger partial charge in [0.2, 0.25) is 0 Å². The number of nitro benzene ring substituents is 1. The Morgan fingerprint density at radius 2 is 2.16 bits per heavy atom. The van der Waals surface area contributed by atoms with Crippen molar-refractivity contribution in [2.45, 2.75) is 20.0 Å². The van der Waals surface area contributed by atoms with Crippen molar-refractivity contribution in [3.63, 3.8) is 0 Å². The summed E-state index contributed by atoms with van der Waals surface area (Å²) in [4.78, 5) is 22.5. The predicted molar refractivity (Wildman–Crippen MR) is 74.0 cm³/mol. The van der Waals surface area contributed by atoms with Crippen LogP contribution in [0.5, 0.6) is 0 Å². The summed E-state index contributed by atoms with van der Waals surface area (Å²) < 4.78 is 5.45. The average molecular weight is 300 g/mol. The maximum absolute atomic E-state index is 11.9. The molecule has 0 radical (unpaired) electrons. The first kappa shape index (κ1) is 13.8. The van der Waals surface area contributed by atoms with Gasteiger partial charge < -0.3 is 4.74 Å². The third kappa shape index (κ3) is 2.54. The number of nitro groups is 1. The van der Waals surface area contributed by atoms with Crippen LogP contribution in [-0.2, 0) is 4.74 Å². The lowest BCUT2D eigenvalue weighted by atomic mass is 10.2. The van der Waals surface area contributed by atoms with Crippen LogP contribution in [0.25, 0.3) is 10.1 Å². The van der Waals surface area contributed by atoms with Gasteiger partial charge in [0.15, 0.2) is 0 Å². The molecule has 0 unspecified atom stereocenters. The molecule has 0 amide bonds. The molecule has 100 valence electrons. The first-order valence-corrected chi connectivity index (χ1v) is 6.67. The molecule has 0 saturated carbocycles. The Hall–Kier alpha value is -1.66. The van der Waals surface area contributed by atoms with Gasteiger partial charge in [-0.15, -0.1) is 11.3 Å². The standard InChI is InChI=1S/C12H10ClNO4S/c1-6(2)18-12(15)11-9(13)7-4-3-5-8(14(16)17)10(7)19-11/h3-6H,1-2H3. The van der Waals surface area contributed by atoms with Crippen LogP contribution in [0.15, 0.2) is 18.2 Å². The summed E-state index contributed by atoms with van der Waals surface area (Å²) >= 11 is 7.08. The number of ether oxygens (including phenoxy) is 1. The third-order valence-electron chi connectivity index (χ3n) is 2.36. The highest BCUT2D eigenvalue weighted by Gasteiger charge is 2.23. The molecule has 0 aliphatic heterocycles. The first-order chi connectivity index (χ1) is 8.91. The van der Waals surface area contributed by atoms with Gasteiger partial charge in [0.25, 0.3) is 5.69 Å². The number of halogens is 1. The van der Waals surface area contributed by atoms with Crippen molar-refractivity contribution in [3.05, 3.63) is 38.2 Å². The molecular formula is C12H10ClNO4S. The van der Waals surface area contributed by atoms with Crippen molar-refractivity contribution in [2.24, 2.45) is 0 Å². The van der Waals surface area contributed by atoms with Gasteiger partial charge in [-0.2, -0.15) is 0 Å². The average Bonchev–Trinajstić information content (AvgIpc) is 2.66. The van der Waals surface area contributed by atoms with Crippen LogP contribution in [0.2, 0.25) is 5.02 Å². The van der Waals surface area contributed by atoms with E-state index in [0.29, 0.717) is 10.1 Å². The molecular weight excluding hydrogens is 290 g/mol. The van der Waals surface area contributed by atoms with Crippen molar-refractivity contribution in [1.29, 1.82) is 0 Å². The fourth-order valence-corrected chi connectivity index (χ4v) is 3.09. The molecule has 0 saturated heterocycles. The van der Waals surface area contributed by atoms with Crippen LogP contribution in [0, 0.1) is 10.1 Å². The molecule has 0 N–H and O–H groups in total. The molecule has 0 spiro atoms. The second-order valence-corrected chi connectivity index (χ2v) is 5.51. The molecule has 0 atom stereocenters. The number of hydrogen-bond donors (Lipinski definition) is 0. The summed E-state index contributed by atoms with van der Waals surface area (Å²) in [7, 11) is 0. The zero-order valence-electron chi connectivity index (χ0n) is 10.2. The second-order valence-electron chi connectivity index (χ2n) is 4.11. The molecule has 1 aromatic carbocycles. The van der Waals surface area contributed by atoms with Gasteiger partial charge in [-0.05, 0) is 13.8 Å². The van der Waals surface area contributed by atoms with Gasteiger partial charge in [0, 0.05) is 11.5 Å². The summed E-state index contributed by atoms with van der Waals surface area (Å²) in [6.07, 6.45) is -0.274. The SMILES string of the molecule is CC(C)OC(=O)c1sc2c([N+](=O)[O-])cccc2c1Cl. The summed E-state index contributed by atoms with van der Waals surface area (Å²) in [6, 6.07) is 4.57. The van der Waals surface area contributed by atoms with Crippen LogP contribution >= 0.6 is 22.9 Å². The summed E-state index contributed by atoms with van der Waals surface area (Å²) in [6.45, 7) is 3.45. The highest BCUT2D eigenvalue weighted by atomic mass is 35.5. The van der Waals surface area contributed by atoms with Crippen molar-refractivity contribution in [1.82, 2.24) is 0 Å². The molecule has 7 heteroatoms. The Morgan fingerprint density at radius 3 is 2.74 bits per heavy atom. The van der Waals surface area contributed by atoms with Crippen LogP contribution in [0.3, 0.4) is 0 Å². The molecule has 1 heterocycles. The zero-order valence-corrected chi connectivity index (χ0v) is 11.7. The van der Waals surface area contributed by atoms with E-state index >= 15 is 0 Å². The number of nitrogens with zero attached hydrogens (tertiary/aromatic N) is 1. The Bertz CT molecular complexity index is 665. The molecule has 2 rings (SSSR count). The number of carbonyl (C=O) groups excluding carboxylic acids is 1. The number of hydrogen-bond acceptors (Lipinski definition) is 5. The molecule has 5 nitrogen and oxygen atoms in total. The Labute approximate surface area is 117 Å². The Kier molecular flexibility index (Phi) is 3.73. The molecule has 0 aliphatic carbocycles. The van der Waals surface area contributed by atoms with Gasteiger partial charge in [-0.3, -0.25) is 10.1 Å². The fourth-order valence-electron chi connectivity index (χ4n) is 1.62. The maximum atomic E-state index is 11.9. The van der Waals surface area contributed by atoms with E-state index in [4.69, 9.17) is 16.3 Å². The minimum atomic E-state index is -0.560. The number of carbonyl (C=O) groups is 1. The number of fused-ring (bicyclic) bond motifs is 1. The molecule has 19 heavy (non-hydrogen) atoms. The zero-order chi connectivity index (χ0) is 14.2. The van der Waals surface area contributed by atoms with Crippen molar-refractivity contribution in [3.8, 4) is 0 Å². The Morgan fingerprint density at radius 1 is 1.47 bits per heavy atom. The lowest BCUT2D eigenvalue weighted by Gasteiger charge is -2.05. The van der Waals surface area contributed by atoms with E-state index in [1.54, 1.807) is 19.9 Å². The fraction of sp³-hybridized carbons (Fsp3) is 0.250. The number of thiophene rings is 1. The van der Waals surface area contributed by atoms with Crippen LogP contribution in [0.4, 0.5) is 5.69 Å². The first-order valence-electron chi connectivity index (χ1n) is 5.48. The smallest absolute Gasteiger partial charge is 0.350 e. The van der Waals surface area contributed by atoms with Crippen LogP contribution < -0.4 is 0 Å². The monoisotopic (exact) mass is 299 g/mol. The van der Waals surface area contributed by atoms with E-state index in [1.165, 1.54) is 12.1 Å². The number of rotatable bonds is 3. The van der Waals surface area contributed by atoms with E-state index in [2.05, 4.69) is 0 Å². The van der Waals surface area contributed by atoms with Gasteiger partial charge in [-0.25, -0.2) is 4.79 Å². The summed E-state index contributed by atoms with van der Waals surface area (Å²) in [5.74, 6) is -0.560. The largest absolute Gasteiger partial charge is 0.459 e. The van der Waals surface area contributed by atoms with Gasteiger partial charge in [-0.1, -0.05) is 23.7 Å². The highest BCUT2D eigenvalue weighted by Crippen LogP contribution is 2.40.